The third-order valence-electron chi connectivity index (χ3n) is 3.08. The average Bonchev–Trinajstić information content (AvgIpc) is 2.84. The van der Waals surface area contributed by atoms with E-state index in [2.05, 4.69) is 36.0 Å². The van der Waals surface area contributed by atoms with Gasteiger partial charge in [-0.3, -0.25) is 4.79 Å². The molecule has 1 aromatic rings. The van der Waals surface area contributed by atoms with Crippen LogP contribution in [0.1, 0.15) is 45.1 Å². The molecule has 1 rings (SSSR count). The van der Waals surface area contributed by atoms with E-state index in [0.29, 0.717) is 6.42 Å². The third kappa shape index (κ3) is 5.65. The largest absolute Gasteiger partial charge is 0.480 e. The zero-order valence-corrected chi connectivity index (χ0v) is 12.0. The van der Waals surface area contributed by atoms with E-state index in [0.717, 1.165) is 25.7 Å². The van der Waals surface area contributed by atoms with E-state index in [-0.39, 0.29) is 6.04 Å². The van der Waals surface area contributed by atoms with Crippen molar-refractivity contribution in [2.75, 3.05) is 0 Å². The predicted octanol–water partition coefficient (Wildman–Crippen LogP) is 3.30. The van der Waals surface area contributed by atoms with Crippen LogP contribution in [-0.4, -0.2) is 23.2 Å². The van der Waals surface area contributed by atoms with Crippen molar-refractivity contribution in [3.63, 3.8) is 0 Å². The summed E-state index contributed by atoms with van der Waals surface area (Å²) in [5, 5.41) is 16.6. The van der Waals surface area contributed by atoms with Crippen molar-refractivity contribution in [1.29, 1.82) is 0 Å². The molecule has 0 radical (unpaired) electrons. The second-order valence-electron chi connectivity index (χ2n) is 4.77. The molecule has 0 aromatic carbocycles. The van der Waals surface area contributed by atoms with E-state index in [1.54, 1.807) is 11.3 Å². The Hall–Kier alpha value is -0.870. The molecule has 0 spiro atoms. The van der Waals surface area contributed by atoms with E-state index in [1.165, 1.54) is 5.56 Å². The Morgan fingerprint density at radius 2 is 2.28 bits per heavy atom. The number of unbranched alkanes of at least 4 members (excludes halogenated alkanes) is 1. The molecule has 2 atom stereocenters. The minimum atomic E-state index is -0.731. The molecule has 0 aliphatic carbocycles. The molecule has 3 nitrogen and oxygen atoms in total. The number of rotatable bonds is 9. The molecule has 0 fully saturated rings. The van der Waals surface area contributed by atoms with E-state index < -0.39 is 12.0 Å². The van der Waals surface area contributed by atoms with Crippen molar-refractivity contribution in [1.82, 2.24) is 5.32 Å². The quantitative estimate of drug-likeness (QED) is 0.723. The lowest BCUT2D eigenvalue weighted by Crippen LogP contribution is -2.42. The van der Waals surface area contributed by atoms with Gasteiger partial charge in [-0.15, -0.1) is 0 Å². The Bertz CT molecular complexity index is 338. The third-order valence-corrected chi connectivity index (χ3v) is 3.81. The Labute approximate surface area is 113 Å². The Balaban J connectivity index is 2.31. The van der Waals surface area contributed by atoms with Crippen molar-refractivity contribution in [2.24, 2.45) is 0 Å². The van der Waals surface area contributed by atoms with Crippen molar-refractivity contribution in [2.45, 2.75) is 58.0 Å². The molecule has 1 heterocycles. The van der Waals surface area contributed by atoms with Crippen LogP contribution in [0.3, 0.4) is 0 Å². The molecule has 2 unspecified atom stereocenters. The first-order valence-corrected chi connectivity index (χ1v) is 7.57. The monoisotopic (exact) mass is 269 g/mol. The van der Waals surface area contributed by atoms with Gasteiger partial charge in [0, 0.05) is 6.04 Å². The molecular formula is C14H23NO2S. The highest BCUT2D eigenvalue weighted by Gasteiger charge is 2.18. The first kappa shape index (κ1) is 15.2. The van der Waals surface area contributed by atoms with Gasteiger partial charge >= 0.3 is 5.97 Å². The van der Waals surface area contributed by atoms with E-state index >= 15 is 0 Å². The van der Waals surface area contributed by atoms with Crippen molar-refractivity contribution >= 4 is 17.3 Å². The van der Waals surface area contributed by atoms with Crippen LogP contribution in [0.2, 0.25) is 0 Å². The van der Waals surface area contributed by atoms with Gasteiger partial charge in [0.05, 0.1) is 0 Å². The highest BCUT2D eigenvalue weighted by Crippen LogP contribution is 2.10. The molecule has 2 N–H and O–H groups in total. The fraction of sp³-hybridized carbons (Fsp3) is 0.643. The Kier molecular flexibility index (Phi) is 6.98. The predicted molar refractivity (Wildman–Crippen MR) is 76.2 cm³/mol. The lowest BCUT2D eigenvalue weighted by molar-refractivity contribution is -0.139. The zero-order valence-electron chi connectivity index (χ0n) is 11.2. The van der Waals surface area contributed by atoms with Crippen molar-refractivity contribution in [3.8, 4) is 0 Å². The van der Waals surface area contributed by atoms with Crippen molar-refractivity contribution in [3.05, 3.63) is 22.4 Å². The SMILES string of the molecule is CCCCC(NC(C)CCc1ccsc1)C(=O)O. The number of hydrogen-bond donors (Lipinski definition) is 2. The topological polar surface area (TPSA) is 49.3 Å². The van der Waals surface area contributed by atoms with Gasteiger partial charge in [0.15, 0.2) is 0 Å². The summed E-state index contributed by atoms with van der Waals surface area (Å²) in [5.41, 5.74) is 1.34. The maximum Gasteiger partial charge on any atom is 0.320 e. The van der Waals surface area contributed by atoms with E-state index in [9.17, 15) is 4.79 Å². The summed E-state index contributed by atoms with van der Waals surface area (Å²) in [4.78, 5) is 11.1. The van der Waals surface area contributed by atoms with E-state index in [4.69, 9.17) is 5.11 Å². The maximum atomic E-state index is 11.1. The zero-order chi connectivity index (χ0) is 13.4. The van der Waals surface area contributed by atoms with Gasteiger partial charge in [0.25, 0.3) is 0 Å². The molecule has 0 aliphatic heterocycles. The number of aliphatic carboxylic acids is 1. The molecule has 0 saturated heterocycles. The van der Waals surface area contributed by atoms with Gasteiger partial charge < -0.3 is 10.4 Å². The number of carboxylic acids is 1. The normalized spacial score (nSPS) is 14.3. The average molecular weight is 269 g/mol. The van der Waals surface area contributed by atoms with Crippen LogP contribution < -0.4 is 5.32 Å². The van der Waals surface area contributed by atoms with Gasteiger partial charge in [-0.25, -0.2) is 0 Å². The molecule has 4 heteroatoms. The van der Waals surface area contributed by atoms with Crippen LogP contribution in [0.4, 0.5) is 0 Å². The second kappa shape index (κ2) is 8.27. The van der Waals surface area contributed by atoms with Crippen LogP contribution in [0.25, 0.3) is 0 Å². The van der Waals surface area contributed by atoms with Gasteiger partial charge in [0.2, 0.25) is 0 Å². The maximum absolute atomic E-state index is 11.1. The Morgan fingerprint density at radius 1 is 1.50 bits per heavy atom. The van der Waals surface area contributed by atoms with Crippen LogP contribution >= 0.6 is 11.3 Å². The van der Waals surface area contributed by atoms with E-state index in [1.807, 2.05) is 0 Å². The van der Waals surface area contributed by atoms with Gasteiger partial charge in [-0.05, 0) is 48.6 Å². The number of aryl methyl sites for hydroxylation is 1. The van der Waals surface area contributed by atoms with Crippen molar-refractivity contribution < 1.29 is 9.90 Å². The molecule has 1 aromatic heterocycles. The lowest BCUT2D eigenvalue weighted by atomic mass is 10.1. The molecule has 0 saturated carbocycles. The molecule has 0 aliphatic rings. The van der Waals surface area contributed by atoms with Gasteiger partial charge in [0.1, 0.15) is 6.04 Å². The minimum Gasteiger partial charge on any atom is -0.480 e. The molecule has 0 bridgehead atoms. The van der Waals surface area contributed by atoms with Crippen LogP contribution in [0, 0.1) is 0 Å². The number of nitrogens with one attached hydrogen (secondary N) is 1. The molecule has 18 heavy (non-hydrogen) atoms. The first-order chi connectivity index (χ1) is 8.63. The summed E-state index contributed by atoms with van der Waals surface area (Å²) < 4.78 is 0. The van der Waals surface area contributed by atoms with Gasteiger partial charge in [-0.1, -0.05) is 19.8 Å². The molecular weight excluding hydrogens is 246 g/mol. The van der Waals surface area contributed by atoms with Crippen LogP contribution in [0.15, 0.2) is 16.8 Å². The smallest absolute Gasteiger partial charge is 0.320 e. The van der Waals surface area contributed by atoms with Crippen LogP contribution in [-0.2, 0) is 11.2 Å². The molecule has 102 valence electrons. The summed E-state index contributed by atoms with van der Waals surface area (Å²) in [6.07, 6.45) is 4.70. The van der Waals surface area contributed by atoms with Crippen LogP contribution in [0.5, 0.6) is 0 Å². The Morgan fingerprint density at radius 3 is 2.83 bits per heavy atom. The lowest BCUT2D eigenvalue weighted by Gasteiger charge is -2.19. The number of thiophene rings is 1. The summed E-state index contributed by atoms with van der Waals surface area (Å²) in [5.74, 6) is -0.731. The summed E-state index contributed by atoms with van der Waals surface area (Å²) in [6.45, 7) is 4.15. The first-order valence-electron chi connectivity index (χ1n) is 6.63. The number of carbonyl (C=O) groups is 1. The fourth-order valence-electron chi connectivity index (χ4n) is 1.93. The molecule has 0 amide bonds. The second-order valence-corrected chi connectivity index (χ2v) is 5.55. The summed E-state index contributed by atoms with van der Waals surface area (Å²) in [6, 6.07) is 1.97. The number of carboxylic acid groups (broad SMARTS) is 1. The summed E-state index contributed by atoms with van der Waals surface area (Å²) >= 11 is 1.71. The standard InChI is InChI=1S/C14H23NO2S/c1-3-4-5-13(14(16)17)15-11(2)6-7-12-8-9-18-10-12/h8-11,13,15H,3-7H2,1-2H3,(H,16,17). The number of hydrogen-bond acceptors (Lipinski definition) is 3. The fourth-order valence-corrected chi connectivity index (χ4v) is 2.63. The van der Waals surface area contributed by atoms with Gasteiger partial charge in [-0.2, -0.15) is 11.3 Å². The highest BCUT2D eigenvalue weighted by atomic mass is 32.1. The highest BCUT2D eigenvalue weighted by molar-refractivity contribution is 7.07. The summed E-state index contributed by atoms with van der Waals surface area (Å²) in [7, 11) is 0. The minimum absolute atomic E-state index is 0.239.